The highest BCUT2D eigenvalue weighted by Gasteiger charge is 2.16. The first-order valence-electron chi connectivity index (χ1n) is 8.43. The van der Waals surface area contributed by atoms with Crippen molar-refractivity contribution in [3.8, 4) is 17.9 Å². The number of rotatable bonds is 8. The van der Waals surface area contributed by atoms with Crippen LogP contribution in [0.25, 0.3) is 0 Å². The molecule has 0 heterocycles. The summed E-state index contributed by atoms with van der Waals surface area (Å²) in [6.45, 7) is -0.474. The second kappa shape index (κ2) is 9.93. The van der Waals surface area contributed by atoms with Crippen molar-refractivity contribution in [3.63, 3.8) is 0 Å². The number of hydrogen-bond acceptors (Lipinski definition) is 7. The van der Waals surface area contributed by atoms with E-state index in [4.69, 9.17) is 15.3 Å². The van der Waals surface area contributed by atoms with Crippen LogP contribution in [0.1, 0.15) is 27.0 Å². The summed E-state index contributed by atoms with van der Waals surface area (Å²) >= 11 is 0. The van der Waals surface area contributed by atoms with Gasteiger partial charge in [0, 0.05) is 12.2 Å². The number of nitrogens with one attached hydrogen (secondary N) is 2. The Hall–Kier alpha value is -3.59. The zero-order valence-corrected chi connectivity index (χ0v) is 15.3. The van der Waals surface area contributed by atoms with Crippen molar-refractivity contribution < 1.29 is 19.7 Å². The summed E-state index contributed by atoms with van der Waals surface area (Å²) in [7, 11) is 1.47. The van der Waals surface area contributed by atoms with Gasteiger partial charge in [0.25, 0.3) is 5.91 Å². The molecule has 144 valence electrons. The fourth-order valence-electron chi connectivity index (χ4n) is 2.53. The molecule has 0 aromatic heterocycles. The second-order valence-electron chi connectivity index (χ2n) is 5.91. The molecule has 0 aliphatic rings. The molecule has 0 aliphatic carbocycles. The van der Waals surface area contributed by atoms with Crippen LogP contribution in [0.4, 0.5) is 5.69 Å². The number of ether oxygens (including phenoxy) is 1. The van der Waals surface area contributed by atoms with E-state index >= 15 is 0 Å². The average Bonchev–Trinajstić information content (AvgIpc) is 2.75. The van der Waals surface area contributed by atoms with E-state index in [0.717, 1.165) is 0 Å². The van der Waals surface area contributed by atoms with Crippen molar-refractivity contribution >= 4 is 11.6 Å². The normalized spacial score (nSPS) is 10.1. The van der Waals surface area contributed by atoms with Gasteiger partial charge in [-0.3, -0.25) is 4.79 Å². The van der Waals surface area contributed by atoms with Crippen LogP contribution in [-0.2, 0) is 6.54 Å². The summed E-state index contributed by atoms with van der Waals surface area (Å²) in [6.07, 6.45) is 0. The van der Waals surface area contributed by atoms with Crippen LogP contribution in [0, 0.1) is 22.7 Å². The second-order valence-corrected chi connectivity index (χ2v) is 5.91. The van der Waals surface area contributed by atoms with Gasteiger partial charge in [-0.2, -0.15) is 10.5 Å². The van der Waals surface area contributed by atoms with Gasteiger partial charge in [0.2, 0.25) is 0 Å². The Labute approximate surface area is 162 Å². The Morgan fingerprint density at radius 1 is 1.14 bits per heavy atom. The molecule has 0 aliphatic heterocycles. The van der Waals surface area contributed by atoms with E-state index in [1.807, 2.05) is 12.1 Å². The lowest BCUT2D eigenvalue weighted by Crippen LogP contribution is -2.30. The largest absolute Gasteiger partial charge is 0.495 e. The van der Waals surface area contributed by atoms with Crippen LogP contribution in [0.5, 0.6) is 5.75 Å². The maximum absolute atomic E-state index is 12.7. The third-order valence-electron chi connectivity index (χ3n) is 4.03. The lowest BCUT2D eigenvalue weighted by Gasteiger charge is -2.18. The maximum atomic E-state index is 12.7. The van der Waals surface area contributed by atoms with E-state index in [2.05, 4.69) is 10.6 Å². The third kappa shape index (κ3) is 4.98. The number of nitrogens with zero attached hydrogens (tertiary/aromatic N) is 2. The van der Waals surface area contributed by atoms with Gasteiger partial charge in [0.15, 0.2) is 0 Å². The molecular formula is C20H20N4O4. The fraction of sp³-hybridized carbons (Fsp3) is 0.250. The van der Waals surface area contributed by atoms with Crippen molar-refractivity contribution in [1.82, 2.24) is 5.32 Å². The van der Waals surface area contributed by atoms with Gasteiger partial charge in [-0.15, -0.1) is 0 Å². The molecule has 1 amide bonds. The highest BCUT2D eigenvalue weighted by atomic mass is 16.5. The minimum atomic E-state index is -0.640. The average molecular weight is 380 g/mol. The van der Waals surface area contributed by atoms with Crippen molar-refractivity contribution in [2.24, 2.45) is 0 Å². The number of methoxy groups -OCH3 is 1. The Morgan fingerprint density at radius 2 is 1.89 bits per heavy atom. The number of carbonyl (C=O) groups excluding carboxylic acids is 1. The number of amides is 1. The van der Waals surface area contributed by atoms with Crippen molar-refractivity contribution in [1.29, 1.82) is 10.5 Å². The minimum Gasteiger partial charge on any atom is -0.495 e. The van der Waals surface area contributed by atoms with Crippen LogP contribution >= 0.6 is 0 Å². The van der Waals surface area contributed by atoms with E-state index in [1.54, 1.807) is 24.3 Å². The number of benzene rings is 2. The van der Waals surface area contributed by atoms with Gasteiger partial charge >= 0.3 is 0 Å². The molecule has 2 rings (SSSR count). The lowest BCUT2D eigenvalue weighted by atomic mass is 10.1. The van der Waals surface area contributed by atoms with E-state index < -0.39 is 11.9 Å². The number of nitriles is 2. The molecule has 0 fully saturated rings. The highest BCUT2D eigenvalue weighted by molar-refractivity contribution is 6.00. The number of hydrogen-bond donors (Lipinski definition) is 4. The monoisotopic (exact) mass is 380 g/mol. The maximum Gasteiger partial charge on any atom is 0.253 e. The highest BCUT2D eigenvalue weighted by Crippen LogP contribution is 2.20. The van der Waals surface area contributed by atoms with Crippen molar-refractivity contribution in [3.05, 3.63) is 58.7 Å². The summed E-state index contributed by atoms with van der Waals surface area (Å²) in [5.74, 6) is 0.00777. The van der Waals surface area contributed by atoms with E-state index in [1.165, 1.54) is 19.2 Å². The Balaban J connectivity index is 2.21. The minimum absolute atomic E-state index is 0.164. The van der Waals surface area contributed by atoms with Crippen LogP contribution in [0.15, 0.2) is 36.4 Å². The molecule has 0 bridgehead atoms. The van der Waals surface area contributed by atoms with Crippen molar-refractivity contribution in [2.45, 2.75) is 12.6 Å². The summed E-state index contributed by atoms with van der Waals surface area (Å²) in [6, 6.07) is 12.9. The summed E-state index contributed by atoms with van der Waals surface area (Å²) in [5, 5.41) is 42.4. The zero-order chi connectivity index (χ0) is 20.5. The Morgan fingerprint density at radius 3 is 2.50 bits per heavy atom. The topological polar surface area (TPSA) is 138 Å². The predicted molar refractivity (Wildman–Crippen MR) is 102 cm³/mol. The smallest absolute Gasteiger partial charge is 0.253 e. The Bertz CT molecular complexity index is 927. The van der Waals surface area contributed by atoms with Gasteiger partial charge in [0.1, 0.15) is 11.8 Å². The van der Waals surface area contributed by atoms with Gasteiger partial charge in [-0.05, 0) is 35.9 Å². The Kier molecular flexibility index (Phi) is 7.35. The molecule has 0 radical (unpaired) electrons. The number of aliphatic hydroxyl groups excluding tert-OH is 2. The van der Waals surface area contributed by atoms with Crippen LogP contribution in [-0.4, -0.2) is 42.5 Å². The van der Waals surface area contributed by atoms with E-state index in [0.29, 0.717) is 28.1 Å². The standard InChI is InChI=1S/C20H20N4O4/c1-28-19-5-3-14(6-15(19)9-22)10-23-20(27)17-7-13(8-21)2-4-18(17)24-16(11-25)12-26/h2-7,16,24-26H,10-12H2,1H3,(H,23,27). The molecule has 0 unspecified atom stereocenters. The molecule has 0 saturated carbocycles. The molecule has 2 aromatic rings. The van der Waals surface area contributed by atoms with Crippen LogP contribution < -0.4 is 15.4 Å². The van der Waals surface area contributed by atoms with Gasteiger partial charge < -0.3 is 25.6 Å². The summed E-state index contributed by atoms with van der Waals surface area (Å²) in [5.41, 5.74) is 1.96. The molecule has 0 saturated heterocycles. The quantitative estimate of drug-likeness (QED) is 0.538. The van der Waals surface area contributed by atoms with E-state index in [-0.39, 0.29) is 25.3 Å². The molecule has 0 spiro atoms. The third-order valence-corrected chi connectivity index (χ3v) is 4.03. The number of aliphatic hydroxyl groups is 2. The lowest BCUT2D eigenvalue weighted by molar-refractivity contribution is 0.0951. The number of anilines is 1. The first-order chi connectivity index (χ1) is 13.6. The molecule has 2 aromatic carbocycles. The molecule has 8 nitrogen and oxygen atoms in total. The van der Waals surface area contributed by atoms with Gasteiger partial charge in [-0.25, -0.2) is 0 Å². The molecule has 0 atom stereocenters. The predicted octanol–water partition coefficient (Wildman–Crippen LogP) is 1.13. The first-order valence-corrected chi connectivity index (χ1v) is 8.43. The van der Waals surface area contributed by atoms with Gasteiger partial charge in [-0.1, -0.05) is 6.07 Å². The van der Waals surface area contributed by atoms with Crippen molar-refractivity contribution in [2.75, 3.05) is 25.6 Å². The molecule has 8 heteroatoms. The SMILES string of the molecule is COc1ccc(CNC(=O)c2cc(C#N)ccc2NC(CO)CO)cc1C#N. The van der Waals surface area contributed by atoms with E-state index in [9.17, 15) is 15.0 Å². The number of carbonyl (C=O) groups is 1. The first kappa shape index (κ1) is 20.7. The van der Waals surface area contributed by atoms with Crippen LogP contribution in [0.2, 0.25) is 0 Å². The fourth-order valence-corrected chi connectivity index (χ4v) is 2.53. The van der Waals surface area contributed by atoms with Crippen LogP contribution in [0.3, 0.4) is 0 Å². The molecule has 28 heavy (non-hydrogen) atoms. The molecular weight excluding hydrogens is 360 g/mol. The summed E-state index contributed by atoms with van der Waals surface area (Å²) < 4.78 is 5.10. The zero-order valence-electron chi connectivity index (χ0n) is 15.3. The summed E-state index contributed by atoms with van der Waals surface area (Å²) in [4.78, 5) is 12.7. The van der Waals surface area contributed by atoms with Gasteiger partial charge in [0.05, 0.1) is 49.1 Å². The molecule has 4 N–H and O–H groups in total.